The predicted octanol–water partition coefficient (Wildman–Crippen LogP) is 2.73. The first-order valence-corrected chi connectivity index (χ1v) is 7.64. The monoisotopic (exact) mass is 333 g/mol. The zero-order valence-electron chi connectivity index (χ0n) is 12.3. The minimum absolute atomic E-state index is 0.226. The van der Waals surface area contributed by atoms with Crippen LogP contribution in [0.1, 0.15) is 27.6 Å². The van der Waals surface area contributed by atoms with Gasteiger partial charge in [0.15, 0.2) is 0 Å². The van der Waals surface area contributed by atoms with Crippen molar-refractivity contribution in [2.75, 3.05) is 12.4 Å². The van der Waals surface area contributed by atoms with Crippen molar-refractivity contribution >= 4 is 34.9 Å². The van der Waals surface area contributed by atoms with Crippen molar-refractivity contribution in [1.29, 1.82) is 0 Å². The third-order valence-electron chi connectivity index (χ3n) is 3.20. The van der Waals surface area contributed by atoms with Gasteiger partial charge in [0.1, 0.15) is 4.88 Å². The van der Waals surface area contributed by atoms with Crippen LogP contribution < -0.4 is 5.32 Å². The van der Waals surface area contributed by atoms with Gasteiger partial charge >= 0.3 is 11.9 Å². The lowest BCUT2D eigenvalue weighted by Gasteiger charge is -2.12. The van der Waals surface area contributed by atoms with E-state index in [0.29, 0.717) is 11.3 Å². The number of benzene rings is 1. The highest BCUT2D eigenvalue weighted by Crippen LogP contribution is 2.25. The van der Waals surface area contributed by atoms with Gasteiger partial charge in [0.25, 0.3) is 0 Å². The van der Waals surface area contributed by atoms with Crippen molar-refractivity contribution in [3.05, 3.63) is 52.2 Å². The number of amides is 1. The van der Waals surface area contributed by atoms with Crippen molar-refractivity contribution in [2.45, 2.75) is 12.3 Å². The van der Waals surface area contributed by atoms with Gasteiger partial charge in [-0.15, -0.1) is 11.3 Å². The molecule has 1 aromatic carbocycles. The highest BCUT2D eigenvalue weighted by atomic mass is 32.1. The average Bonchev–Trinajstić information content (AvgIpc) is 3.00. The Morgan fingerprint density at radius 1 is 1.22 bits per heavy atom. The topological polar surface area (TPSA) is 92.7 Å². The van der Waals surface area contributed by atoms with E-state index in [-0.39, 0.29) is 11.3 Å². The smallest absolute Gasteiger partial charge is 0.350 e. The van der Waals surface area contributed by atoms with Crippen LogP contribution >= 0.6 is 11.3 Å². The third kappa shape index (κ3) is 4.17. The summed E-state index contributed by atoms with van der Waals surface area (Å²) in [5.41, 5.74) is 0.873. The number of carboxylic acid groups (broad SMARTS) is 1. The molecule has 2 aromatic rings. The molecule has 0 saturated carbocycles. The minimum Gasteiger partial charge on any atom is -0.481 e. The van der Waals surface area contributed by atoms with E-state index >= 15 is 0 Å². The van der Waals surface area contributed by atoms with Gasteiger partial charge in [-0.2, -0.15) is 0 Å². The third-order valence-corrected chi connectivity index (χ3v) is 4.09. The molecule has 0 aliphatic rings. The molecule has 1 heterocycles. The standard InChI is InChI=1S/C16H15NO5S/c1-22-16(21)14-12(7-8-23-14)17-13(18)9-11(15(19)20)10-5-3-2-4-6-10/h2-8,11H,9H2,1H3,(H,17,18)(H,19,20)/t11-/m0/s1. The normalized spacial score (nSPS) is 11.5. The number of rotatable bonds is 6. The molecule has 23 heavy (non-hydrogen) atoms. The quantitative estimate of drug-likeness (QED) is 0.793. The number of thiophene rings is 1. The number of nitrogens with one attached hydrogen (secondary N) is 1. The number of aliphatic carboxylic acids is 1. The molecule has 0 fully saturated rings. The Kier molecular flexibility index (Phi) is 5.48. The predicted molar refractivity (Wildman–Crippen MR) is 85.7 cm³/mol. The van der Waals surface area contributed by atoms with Crippen LogP contribution in [0.5, 0.6) is 0 Å². The fourth-order valence-corrected chi connectivity index (χ4v) is 2.84. The summed E-state index contributed by atoms with van der Waals surface area (Å²) in [5, 5.41) is 13.5. The number of hydrogen-bond acceptors (Lipinski definition) is 5. The van der Waals surface area contributed by atoms with Crippen molar-refractivity contribution in [1.82, 2.24) is 0 Å². The Hall–Kier alpha value is -2.67. The first-order chi connectivity index (χ1) is 11.0. The van der Waals surface area contributed by atoms with Gasteiger partial charge in [0.2, 0.25) is 5.91 Å². The second-order valence-electron chi connectivity index (χ2n) is 4.71. The van der Waals surface area contributed by atoms with Crippen LogP contribution in [0.3, 0.4) is 0 Å². The number of carbonyl (C=O) groups is 3. The summed E-state index contributed by atoms with van der Waals surface area (Å²) in [6, 6.07) is 10.1. The Morgan fingerprint density at radius 3 is 2.52 bits per heavy atom. The maximum Gasteiger partial charge on any atom is 0.350 e. The number of anilines is 1. The molecular formula is C16H15NO5S. The lowest BCUT2D eigenvalue weighted by atomic mass is 9.95. The van der Waals surface area contributed by atoms with E-state index in [1.807, 2.05) is 0 Å². The van der Waals surface area contributed by atoms with E-state index in [4.69, 9.17) is 0 Å². The van der Waals surface area contributed by atoms with Crippen molar-refractivity contribution in [2.24, 2.45) is 0 Å². The number of esters is 1. The summed E-state index contributed by atoms with van der Waals surface area (Å²) in [4.78, 5) is 35.4. The molecule has 0 bridgehead atoms. The number of ether oxygens (including phenoxy) is 1. The summed E-state index contributed by atoms with van der Waals surface area (Å²) in [6.45, 7) is 0. The summed E-state index contributed by atoms with van der Waals surface area (Å²) in [5.74, 6) is -3.06. The first-order valence-electron chi connectivity index (χ1n) is 6.76. The second-order valence-corrected chi connectivity index (χ2v) is 5.62. The number of methoxy groups -OCH3 is 1. The molecule has 120 valence electrons. The van der Waals surface area contributed by atoms with Crippen LogP contribution in [0.25, 0.3) is 0 Å². The highest BCUT2D eigenvalue weighted by Gasteiger charge is 2.24. The summed E-state index contributed by atoms with van der Waals surface area (Å²) < 4.78 is 4.63. The summed E-state index contributed by atoms with van der Waals surface area (Å²) in [7, 11) is 1.25. The van der Waals surface area contributed by atoms with E-state index in [2.05, 4.69) is 10.1 Å². The second kappa shape index (κ2) is 7.55. The first kappa shape index (κ1) is 16.7. The van der Waals surface area contributed by atoms with Crippen LogP contribution in [-0.4, -0.2) is 30.1 Å². The molecule has 0 radical (unpaired) electrons. The molecular weight excluding hydrogens is 318 g/mol. The molecule has 0 spiro atoms. The van der Waals surface area contributed by atoms with Crippen LogP contribution in [0.15, 0.2) is 41.8 Å². The Morgan fingerprint density at radius 2 is 1.91 bits per heavy atom. The number of hydrogen-bond donors (Lipinski definition) is 2. The molecule has 0 unspecified atom stereocenters. The molecule has 1 aromatic heterocycles. The van der Waals surface area contributed by atoms with Crippen molar-refractivity contribution < 1.29 is 24.2 Å². The molecule has 2 rings (SSSR count). The van der Waals surface area contributed by atoms with E-state index in [1.165, 1.54) is 7.11 Å². The Labute approximate surface area is 136 Å². The maximum absolute atomic E-state index is 12.1. The summed E-state index contributed by atoms with van der Waals surface area (Å²) in [6.07, 6.45) is -0.226. The minimum atomic E-state index is -1.08. The average molecular weight is 333 g/mol. The van der Waals surface area contributed by atoms with E-state index in [1.54, 1.807) is 41.8 Å². The van der Waals surface area contributed by atoms with Crippen LogP contribution in [-0.2, 0) is 14.3 Å². The highest BCUT2D eigenvalue weighted by molar-refractivity contribution is 7.12. The molecule has 1 amide bonds. The summed E-state index contributed by atoms with van der Waals surface area (Å²) >= 11 is 1.14. The molecule has 6 nitrogen and oxygen atoms in total. The molecule has 2 N–H and O–H groups in total. The van der Waals surface area contributed by atoms with Gasteiger partial charge < -0.3 is 15.2 Å². The molecule has 1 atom stereocenters. The van der Waals surface area contributed by atoms with Crippen LogP contribution in [0.2, 0.25) is 0 Å². The zero-order chi connectivity index (χ0) is 16.8. The van der Waals surface area contributed by atoms with Gasteiger partial charge in [-0.05, 0) is 17.0 Å². The van der Waals surface area contributed by atoms with E-state index < -0.39 is 23.8 Å². The fraction of sp³-hybridized carbons (Fsp3) is 0.188. The van der Waals surface area contributed by atoms with E-state index in [9.17, 15) is 19.5 Å². The SMILES string of the molecule is COC(=O)c1sccc1NC(=O)C[C@H](C(=O)O)c1ccccc1. The molecule has 0 aliphatic heterocycles. The maximum atomic E-state index is 12.1. The number of carboxylic acids is 1. The van der Waals surface area contributed by atoms with Gasteiger partial charge in [0.05, 0.1) is 18.7 Å². The van der Waals surface area contributed by atoms with Crippen LogP contribution in [0.4, 0.5) is 5.69 Å². The van der Waals surface area contributed by atoms with Gasteiger partial charge in [-0.1, -0.05) is 30.3 Å². The fourth-order valence-electron chi connectivity index (χ4n) is 2.08. The van der Waals surface area contributed by atoms with Gasteiger partial charge in [0, 0.05) is 6.42 Å². The number of carbonyl (C=O) groups excluding carboxylic acids is 2. The van der Waals surface area contributed by atoms with Crippen LogP contribution in [0, 0.1) is 0 Å². The molecule has 0 saturated heterocycles. The van der Waals surface area contributed by atoms with Crippen molar-refractivity contribution in [3.63, 3.8) is 0 Å². The Balaban J connectivity index is 2.10. The Bertz CT molecular complexity index is 710. The molecule has 0 aliphatic carbocycles. The lowest BCUT2D eigenvalue weighted by molar-refractivity contribution is -0.140. The van der Waals surface area contributed by atoms with Crippen molar-refractivity contribution in [3.8, 4) is 0 Å². The molecule has 7 heteroatoms. The van der Waals surface area contributed by atoms with Gasteiger partial charge in [-0.3, -0.25) is 9.59 Å². The largest absolute Gasteiger partial charge is 0.481 e. The lowest BCUT2D eigenvalue weighted by Crippen LogP contribution is -2.21. The van der Waals surface area contributed by atoms with Gasteiger partial charge in [-0.25, -0.2) is 4.79 Å². The zero-order valence-corrected chi connectivity index (χ0v) is 13.1. The van der Waals surface area contributed by atoms with E-state index in [0.717, 1.165) is 11.3 Å².